The largest absolute Gasteiger partial charge is 0.215 e. The van der Waals surface area contributed by atoms with Gasteiger partial charge in [-0.15, -0.1) is 0 Å². The van der Waals surface area contributed by atoms with Gasteiger partial charge in [0, 0.05) is 12.5 Å². The summed E-state index contributed by atoms with van der Waals surface area (Å²) < 4.78 is 27.6. The number of hydrogen-bond acceptors (Lipinski definition) is 2. The monoisotopic (exact) mass is 379 g/mol. The third kappa shape index (κ3) is 5.78. The molecule has 0 aromatic heterocycles. The lowest BCUT2D eigenvalue weighted by atomic mass is 9.89. The van der Waals surface area contributed by atoms with Crippen molar-refractivity contribution in [1.29, 1.82) is 0 Å². The third-order valence-electron chi connectivity index (χ3n) is 4.64. The molecule has 0 bridgehead atoms. The summed E-state index contributed by atoms with van der Waals surface area (Å²) in [7, 11) is -3.36. The van der Waals surface area contributed by atoms with Crippen LogP contribution < -0.4 is 4.72 Å². The molecule has 3 aromatic carbocycles. The van der Waals surface area contributed by atoms with E-state index in [0.717, 1.165) is 11.1 Å². The van der Waals surface area contributed by atoms with Crippen LogP contribution >= 0.6 is 0 Å². The molecule has 1 N–H and O–H groups in total. The first-order valence-corrected chi connectivity index (χ1v) is 10.8. The molecule has 0 fully saturated rings. The zero-order valence-corrected chi connectivity index (χ0v) is 16.3. The third-order valence-corrected chi connectivity index (χ3v) is 5.99. The number of nitrogens with one attached hydrogen (secondary N) is 1. The van der Waals surface area contributed by atoms with E-state index in [-0.39, 0.29) is 11.7 Å². The highest BCUT2D eigenvalue weighted by Crippen LogP contribution is 2.27. The van der Waals surface area contributed by atoms with E-state index in [2.05, 4.69) is 29.0 Å². The Morgan fingerprint density at radius 2 is 1.30 bits per heavy atom. The van der Waals surface area contributed by atoms with Crippen molar-refractivity contribution in [2.24, 2.45) is 0 Å². The van der Waals surface area contributed by atoms with Crippen LogP contribution in [0, 0.1) is 6.92 Å². The maximum atomic E-state index is 12.4. The Labute approximate surface area is 162 Å². The van der Waals surface area contributed by atoms with Crippen LogP contribution in [0.1, 0.15) is 34.6 Å². The Hall–Kier alpha value is -2.43. The van der Waals surface area contributed by atoms with Crippen LogP contribution in [0.15, 0.2) is 84.9 Å². The second-order valence-electron chi connectivity index (χ2n) is 6.80. The van der Waals surface area contributed by atoms with Crippen molar-refractivity contribution < 1.29 is 8.42 Å². The molecule has 0 atom stereocenters. The maximum absolute atomic E-state index is 12.4. The minimum atomic E-state index is -3.36. The summed E-state index contributed by atoms with van der Waals surface area (Å²) in [5.74, 6) is 0.170. The second kappa shape index (κ2) is 8.98. The number of benzene rings is 3. The molecule has 0 aliphatic rings. The van der Waals surface area contributed by atoms with Crippen molar-refractivity contribution in [3.63, 3.8) is 0 Å². The van der Waals surface area contributed by atoms with E-state index in [9.17, 15) is 8.42 Å². The molecule has 0 aliphatic heterocycles. The molecule has 3 aromatic rings. The summed E-state index contributed by atoms with van der Waals surface area (Å²) >= 11 is 0. The molecule has 0 spiro atoms. The summed E-state index contributed by atoms with van der Waals surface area (Å²) in [5.41, 5.74) is 4.32. The molecule has 0 heterocycles. The predicted octanol–water partition coefficient (Wildman–Crippen LogP) is 4.64. The van der Waals surface area contributed by atoms with Crippen molar-refractivity contribution in [3.8, 4) is 0 Å². The Balaban J connectivity index is 1.66. The van der Waals surface area contributed by atoms with E-state index in [4.69, 9.17) is 0 Å². The van der Waals surface area contributed by atoms with Crippen LogP contribution in [0.3, 0.4) is 0 Å². The number of sulfonamides is 1. The van der Waals surface area contributed by atoms with Crippen molar-refractivity contribution in [2.45, 2.75) is 25.0 Å². The van der Waals surface area contributed by atoms with Crippen LogP contribution in [-0.4, -0.2) is 15.0 Å². The zero-order chi connectivity index (χ0) is 19.1. The highest BCUT2D eigenvalue weighted by atomic mass is 32.2. The topological polar surface area (TPSA) is 46.2 Å². The van der Waals surface area contributed by atoms with Gasteiger partial charge in [-0.2, -0.15) is 0 Å². The van der Waals surface area contributed by atoms with E-state index in [1.807, 2.05) is 67.6 Å². The van der Waals surface area contributed by atoms with Gasteiger partial charge in [-0.25, -0.2) is 13.1 Å². The smallest absolute Gasteiger partial charge is 0.215 e. The van der Waals surface area contributed by atoms with Gasteiger partial charge in [-0.1, -0.05) is 90.5 Å². The van der Waals surface area contributed by atoms with Gasteiger partial charge in [0.2, 0.25) is 10.0 Å². The first-order valence-electron chi connectivity index (χ1n) is 9.16. The first kappa shape index (κ1) is 19.3. The Morgan fingerprint density at radius 1 is 0.778 bits per heavy atom. The molecule has 3 rings (SSSR count). The lowest BCUT2D eigenvalue weighted by molar-refractivity contribution is 0.574. The molecule has 140 valence electrons. The van der Waals surface area contributed by atoms with E-state index in [1.54, 1.807) is 0 Å². The van der Waals surface area contributed by atoms with Crippen LogP contribution in [0.25, 0.3) is 0 Å². The van der Waals surface area contributed by atoms with E-state index in [0.29, 0.717) is 13.0 Å². The molecule has 0 radical (unpaired) electrons. The summed E-state index contributed by atoms with van der Waals surface area (Å²) in [5, 5.41) is 0. The van der Waals surface area contributed by atoms with Gasteiger partial charge < -0.3 is 0 Å². The summed E-state index contributed by atoms with van der Waals surface area (Å²) in [4.78, 5) is 0. The highest BCUT2D eigenvalue weighted by molar-refractivity contribution is 7.88. The fourth-order valence-electron chi connectivity index (χ4n) is 3.21. The molecule has 0 amide bonds. The minimum absolute atomic E-state index is 0.00855. The Kier molecular flexibility index (Phi) is 6.43. The number of rotatable bonds is 8. The van der Waals surface area contributed by atoms with Gasteiger partial charge in [0.1, 0.15) is 0 Å². The average Bonchev–Trinajstić information content (AvgIpc) is 2.68. The lowest BCUT2D eigenvalue weighted by Crippen LogP contribution is -2.27. The standard InChI is InChI=1S/C23H25NO2S/c1-19-12-14-20(15-13-19)18-27(25,26)24-17-16-23(21-8-4-2-5-9-21)22-10-6-3-7-11-22/h2-15,23-24H,16-18H2,1H3. The van der Waals surface area contributed by atoms with Gasteiger partial charge in [0.05, 0.1) is 5.75 Å². The van der Waals surface area contributed by atoms with Gasteiger partial charge in [-0.3, -0.25) is 0 Å². The molecular weight excluding hydrogens is 354 g/mol. The number of hydrogen-bond donors (Lipinski definition) is 1. The van der Waals surface area contributed by atoms with Gasteiger partial charge in [0.15, 0.2) is 0 Å². The molecule has 3 nitrogen and oxygen atoms in total. The molecule has 4 heteroatoms. The molecule has 0 saturated heterocycles. The van der Waals surface area contributed by atoms with Gasteiger partial charge >= 0.3 is 0 Å². The van der Waals surface area contributed by atoms with Crippen molar-refractivity contribution in [3.05, 3.63) is 107 Å². The van der Waals surface area contributed by atoms with Crippen LogP contribution in [0.4, 0.5) is 0 Å². The van der Waals surface area contributed by atoms with Crippen LogP contribution in [0.5, 0.6) is 0 Å². The quantitative estimate of drug-likeness (QED) is 0.620. The van der Waals surface area contributed by atoms with Gasteiger partial charge in [-0.05, 0) is 30.0 Å². The molecule has 0 saturated carbocycles. The average molecular weight is 380 g/mol. The van der Waals surface area contributed by atoms with Crippen molar-refractivity contribution in [1.82, 2.24) is 4.72 Å². The van der Waals surface area contributed by atoms with Crippen LogP contribution in [0.2, 0.25) is 0 Å². The maximum Gasteiger partial charge on any atom is 0.215 e. The lowest BCUT2D eigenvalue weighted by Gasteiger charge is -2.18. The summed E-state index contributed by atoms with van der Waals surface area (Å²) in [6, 6.07) is 28.1. The first-order chi connectivity index (χ1) is 13.0. The van der Waals surface area contributed by atoms with E-state index < -0.39 is 10.0 Å². The predicted molar refractivity (Wildman–Crippen MR) is 111 cm³/mol. The van der Waals surface area contributed by atoms with E-state index >= 15 is 0 Å². The molecular formula is C23H25NO2S. The number of aryl methyl sites for hydroxylation is 1. The zero-order valence-electron chi connectivity index (χ0n) is 15.5. The van der Waals surface area contributed by atoms with Gasteiger partial charge in [0.25, 0.3) is 0 Å². The Bertz CT molecular complexity index is 897. The summed E-state index contributed by atoms with van der Waals surface area (Å²) in [6.07, 6.45) is 0.709. The van der Waals surface area contributed by atoms with Crippen LogP contribution in [-0.2, 0) is 15.8 Å². The highest BCUT2D eigenvalue weighted by Gasteiger charge is 2.16. The fraction of sp³-hybridized carbons (Fsp3) is 0.217. The molecule has 27 heavy (non-hydrogen) atoms. The SMILES string of the molecule is Cc1ccc(CS(=O)(=O)NCCC(c2ccccc2)c2ccccc2)cc1. The minimum Gasteiger partial charge on any atom is -0.215 e. The van der Waals surface area contributed by atoms with E-state index in [1.165, 1.54) is 11.1 Å². The fourth-order valence-corrected chi connectivity index (χ4v) is 4.37. The summed E-state index contributed by atoms with van der Waals surface area (Å²) in [6.45, 7) is 2.40. The molecule has 0 aliphatic carbocycles. The second-order valence-corrected chi connectivity index (χ2v) is 8.61. The Morgan fingerprint density at radius 3 is 1.81 bits per heavy atom. The van der Waals surface area contributed by atoms with Crippen molar-refractivity contribution in [2.75, 3.05) is 6.54 Å². The normalized spacial score (nSPS) is 11.6. The molecule has 0 unspecified atom stereocenters. The van der Waals surface area contributed by atoms with Crippen molar-refractivity contribution >= 4 is 10.0 Å².